The molecule has 0 saturated heterocycles. The van der Waals surface area contributed by atoms with Gasteiger partial charge in [-0.05, 0) is 34.1 Å². The fraction of sp³-hybridized carbons (Fsp3) is 0.0769. The van der Waals surface area contributed by atoms with Crippen molar-refractivity contribution >= 4 is 44.2 Å². The van der Waals surface area contributed by atoms with Crippen LogP contribution in [-0.4, -0.2) is 23.9 Å². The topological polar surface area (TPSA) is 71.2 Å². The van der Waals surface area contributed by atoms with Crippen LogP contribution in [0.3, 0.4) is 0 Å². The molecule has 2 heterocycles. The Kier molecular flexibility index (Phi) is 2.67. The highest BCUT2D eigenvalue weighted by Gasteiger charge is 2.31. The van der Waals surface area contributed by atoms with Gasteiger partial charge in [-0.25, -0.2) is 0 Å². The third-order valence-electron chi connectivity index (χ3n) is 3.03. The Bertz CT molecular complexity index is 745. The molecule has 0 radical (unpaired) electrons. The molecule has 2 amide bonds. The first kappa shape index (κ1) is 12.0. The number of H-pyrrole nitrogens is 1. The van der Waals surface area contributed by atoms with Gasteiger partial charge in [0, 0.05) is 22.7 Å². The van der Waals surface area contributed by atoms with Gasteiger partial charge in [0.25, 0.3) is 11.8 Å². The van der Waals surface area contributed by atoms with Crippen LogP contribution in [0, 0.1) is 0 Å². The van der Waals surface area contributed by atoms with E-state index in [-0.39, 0.29) is 4.48 Å². The molecule has 1 aliphatic heterocycles. The van der Waals surface area contributed by atoms with E-state index in [1.54, 1.807) is 13.3 Å². The molecule has 1 aromatic carbocycles. The highest BCUT2D eigenvalue weighted by Crippen LogP contribution is 2.34. The maximum absolute atomic E-state index is 11.8. The highest BCUT2D eigenvalue weighted by molar-refractivity contribution is 9.12. The number of hydrogen-bond donors (Lipinski definition) is 2. The van der Waals surface area contributed by atoms with Crippen LogP contribution in [-0.2, 0) is 9.59 Å². The fourth-order valence-electron chi connectivity index (χ4n) is 2.11. The standard InChI is InChI=1S/C13H9BrN2O3/c1-19-6-2-3-9-7(4-6)8(5-15-9)10-11(14)13(18)16-12(10)17/h2-5,15H,1H3,(H,16,17,18). The van der Waals surface area contributed by atoms with Crippen LogP contribution in [0.4, 0.5) is 0 Å². The van der Waals surface area contributed by atoms with Crippen LogP contribution in [0.15, 0.2) is 28.9 Å². The molecule has 6 heteroatoms. The van der Waals surface area contributed by atoms with Crippen LogP contribution in [0.1, 0.15) is 5.56 Å². The largest absolute Gasteiger partial charge is 0.497 e. The summed E-state index contributed by atoms with van der Waals surface area (Å²) in [6, 6.07) is 5.51. The van der Waals surface area contributed by atoms with Crippen LogP contribution in [0.25, 0.3) is 16.5 Å². The monoisotopic (exact) mass is 320 g/mol. The Balaban J connectivity index is 2.26. The van der Waals surface area contributed by atoms with Crippen LogP contribution < -0.4 is 10.1 Å². The Labute approximate surface area is 116 Å². The van der Waals surface area contributed by atoms with Gasteiger partial charge >= 0.3 is 0 Å². The lowest BCUT2D eigenvalue weighted by atomic mass is 10.1. The summed E-state index contributed by atoms with van der Waals surface area (Å²) >= 11 is 3.15. The smallest absolute Gasteiger partial charge is 0.265 e. The van der Waals surface area contributed by atoms with E-state index in [1.165, 1.54) is 0 Å². The Morgan fingerprint density at radius 2 is 2.00 bits per heavy atom. The molecule has 0 bridgehead atoms. The van der Waals surface area contributed by atoms with Gasteiger partial charge in [0.2, 0.25) is 0 Å². The SMILES string of the molecule is COc1ccc2[nH]cc(C3=C(Br)C(=O)NC3=O)c2c1. The zero-order valence-electron chi connectivity index (χ0n) is 9.91. The number of nitrogens with one attached hydrogen (secondary N) is 2. The van der Waals surface area contributed by atoms with E-state index in [2.05, 4.69) is 26.2 Å². The van der Waals surface area contributed by atoms with Crippen LogP contribution in [0.5, 0.6) is 5.75 Å². The average molecular weight is 321 g/mol. The summed E-state index contributed by atoms with van der Waals surface area (Å²) in [6.07, 6.45) is 1.71. The zero-order chi connectivity index (χ0) is 13.6. The number of imide groups is 1. The van der Waals surface area contributed by atoms with E-state index >= 15 is 0 Å². The fourth-order valence-corrected chi connectivity index (χ4v) is 2.60. The van der Waals surface area contributed by atoms with E-state index in [4.69, 9.17) is 4.74 Å². The molecule has 0 atom stereocenters. The van der Waals surface area contributed by atoms with Gasteiger partial charge in [0.1, 0.15) is 5.75 Å². The maximum Gasteiger partial charge on any atom is 0.265 e. The predicted molar refractivity (Wildman–Crippen MR) is 73.8 cm³/mol. The van der Waals surface area contributed by atoms with Crippen molar-refractivity contribution in [2.45, 2.75) is 0 Å². The first-order chi connectivity index (χ1) is 9.11. The van der Waals surface area contributed by atoms with Gasteiger partial charge in [-0.1, -0.05) is 0 Å². The lowest BCUT2D eigenvalue weighted by Gasteiger charge is -2.02. The van der Waals surface area contributed by atoms with E-state index in [0.29, 0.717) is 16.9 Å². The first-order valence-electron chi connectivity index (χ1n) is 5.52. The van der Waals surface area contributed by atoms with Crippen molar-refractivity contribution < 1.29 is 14.3 Å². The second kappa shape index (κ2) is 4.24. The van der Waals surface area contributed by atoms with E-state index in [1.807, 2.05) is 18.2 Å². The molecule has 19 heavy (non-hydrogen) atoms. The number of rotatable bonds is 2. The summed E-state index contributed by atoms with van der Waals surface area (Å²) in [4.78, 5) is 26.4. The molecule has 2 N–H and O–H groups in total. The summed E-state index contributed by atoms with van der Waals surface area (Å²) in [7, 11) is 1.58. The number of fused-ring (bicyclic) bond motifs is 1. The van der Waals surface area contributed by atoms with E-state index in [9.17, 15) is 9.59 Å². The van der Waals surface area contributed by atoms with Gasteiger partial charge in [0.05, 0.1) is 17.2 Å². The second-order valence-electron chi connectivity index (χ2n) is 4.09. The number of hydrogen-bond acceptors (Lipinski definition) is 3. The molecule has 96 valence electrons. The lowest BCUT2D eigenvalue weighted by Crippen LogP contribution is -2.22. The van der Waals surface area contributed by atoms with Gasteiger partial charge in [-0.2, -0.15) is 0 Å². The molecule has 3 rings (SSSR count). The quantitative estimate of drug-likeness (QED) is 0.831. The number of methoxy groups -OCH3 is 1. The third-order valence-corrected chi connectivity index (χ3v) is 3.79. The molecule has 1 aliphatic rings. The molecule has 0 saturated carbocycles. The number of ether oxygens (including phenoxy) is 1. The number of amides is 2. The summed E-state index contributed by atoms with van der Waals surface area (Å²) < 4.78 is 5.43. The highest BCUT2D eigenvalue weighted by atomic mass is 79.9. The molecule has 2 aromatic rings. The van der Waals surface area contributed by atoms with Crippen molar-refractivity contribution in [3.05, 3.63) is 34.4 Å². The maximum atomic E-state index is 11.8. The van der Waals surface area contributed by atoms with Crippen molar-refractivity contribution in [3.63, 3.8) is 0 Å². The minimum Gasteiger partial charge on any atom is -0.497 e. The number of carbonyl (C=O) groups excluding carboxylic acids is 2. The zero-order valence-corrected chi connectivity index (χ0v) is 11.5. The summed E-state index contributed by atoms with van der Waals surface area (Å²) in [5.74, 6) is -0.132. The van der Waals surface area contributed by atoms with Gasteiger partial charge < -0.3 is 9.72 Å². The van der Waals surface area contributed by atoms with Crippen molar-refractivity contribution in [2.75, 3.05) is 7.11 Å². The first-order valence-corrected chi connectivity index (χ1v) is 6.32. The van der Waals surface area contributed by atoms with Crippen molar-refractivity contribution in [1.29, 1.82) is 0 Å². The normalized spacial score (nSPS) is 15.3. The molecule has 5 nitrogen and oxygen atoms in total. The molecule has 0 spiro atoms. The number of aromatic nitrogens is 1. The van der Waals surface area contributed by atoms with Crippen molar-refractivity contribution in [3.8, 4) is 5.75 Å². The number of benzene rings is 1. The van der Waals surface area contributed by atoms with Gasteiger partial charge in [0.15, 0.2) is 0 Å². The molecule has 0 unspecified atom stereocenters. The summed E-state index contributed by atoms with van der Waals surface area (Å²) in [5, 5.41) is 3.08. The lowest BCUT2D eigenvalue weighted by molar-refractivity contribution is -0.123. The predicted octanol–water partition coefficient (Wildman–Crippen LogP) is 1.94. The van der Waals surface area contributed by atoms with Crippen molar-refractivity contribution in [1.82, 2.24) is 10.3 Å². The van der Waals surface area contributed by atoms with E-state index < -0.39 is 11.8 Å². The Morgan fingerprint density at radius 3 is 2.63 bits per heavy atom. The second-order valence-corrected chi connectivity index (χ2v) is 4.88. The minimum absolute atomic E-state index is 0.251. The summed E-state index contributed by atoms with van der Waals surface area (Å²) in [6.45, 7) is 0. The third kappa shape index (κ3) is 1.76. The van der Waals surface area contributed by atoms with Gasteiger partial charge in [-0.15, -0.1) is 0 Å². The average Bonchev–Trinajstić information content (AvgIpc) is 2.91. The minimum atomic E-state index is -0.419. The van der Waals surface area contributed by atoms with E-state index in [0.717, 1.165) is 10.9 Å². The van der Waals surface area contributed by atoms with Gasteiger partial charge in [-0.3, -0.25) is 14.9 Å². The molecular weight excluding hydrogens is 312 g/mol. The molecular formula is C13H9BrN2O3. The number of halogens is 1. The summed E-state index contributed by atoms with van der Waals surface area (Å²) in [5.41, 5.74) is 1.88. The molecule has 0 fully saturated rings. The number of carbonyl (C=O) groups is 2. The Morgan fingerprint density at radius 1 is 1.21 bits per heavy atom. The number of aromatic amines is 1. The Hall–Kier alpha value is -2.08. The van der Waals surface area contributed by atoms with Crippen LogP contribution >= 0.6 is 15.9 Å². The van der Waals surface area contributed by atoms with Crippen molar-refractivity contribution in [2.24, 2.45) is 0 Å². The van der Waals surface area contributed by atoms with Crippen LogP contribution in [0.2, 0.25) is 0 Å². The molecule has 0 aliphatic carbocycles. The molecule has 1 aromatic heterocycles.